The van der Waals surface area contributed by atoms with Gasteiger partial charge in [0.2, 0.25) is 5.88 Å². The van der Waals surface area contributed by atoms with Crippen LogP contribution in [0.15, 0.2) is 48.7 Å². The number of H-pyrrole nitrogens is 1. The first-order chi connectivity index (χ1) is 11.2. The molecule has 2 aromatic heterocycles. The zero-order valence-electron chi connectivity index (χ0n) is 12.8. The van der Waals surface area contributed by atoms with E-state index in [4.69, 9.17) is 4.74 Å². The van der Waals surface area contributed by atoms with Crippen LogP contribution in [0.2, 0.25) is 0 Å². The van der Waals surface area contributed by atoms with Crippen molar-refractivity contribution in [2.45, 2.75) is 13.0 Å². The Morgan fingerprint density at radius 2 is 2.04 bits per heavy atom. The number of hydrogen-bond donors (Lipinski definition) is 1. The molecule has 0 radical (unpaired) electrons. The normalized spacial score (nSPS) is 14.7. The van der Waals surface area contributed by atoms with E-state index in [2.05, 4.69) is 9.97 Å². The standard InChI is InChI=1S/C18H17N3O2/c1-12-5-4-8-17(20-12)23-13-10-21(11-13)18(22)15-9-19-16-7-3-2-6-14(15)16/h2-9,13,19H,10-11H2,1H3. The summed E-state index contributed by atoms with van der Waals surface area (Å²) < 4.78 is 5.80. The van der Waals surface area contributed by atoms with Crippen LogP contribution in [0.3, 0.4) is 0 Å². The number of pyridine rings is 1. The number of rotatable bonds is 3. The summed E-state index contributed by atoms with van der Waals surface area (Å²) in [6, 6.07) is 13.5. The lowest BCUT2D eigenvalue weighted by molar-refractivity contribution is 0.0161. The second-order valence-electron chi connectivity index (χ2n) is 5.82. The third-order valence-electron chi connectivity index (χ3n) is 4.11. The van der Waals surface area contributed by atoms with Crippen LogP contribution in [0, 0.1) is 6.92 Å². The van der Waals surface area contributed by atoms with Crippen LogP contribution in [0.5, 0.6) is 5.88 Å². The molecule has 0 unspecified atom stereocenters. The Balaban J connectivity index is 1.42. The van der Waals surface area contributed by atoms with Crippen LogP contribution in [0.4, 0.5) is 0 Å². The van der Waals surface area contributed by atoms with Crippen LogP contribution in [0.25, 0.3) is 10.9 Å². The zero-order valence-corrected chi connectivity index (χ0v) is 12.8. The second kappa shape index (κ2) is 5.43. The summed E-state index contributed by atoms with van der Waals surface area (Å²) in [5, 5.41) is 0.960. The van der Waals surface area contributed by atoms with Gasteiger partial charge in [0.05, 0.1) is 18.7 Å². The van der Waals surface area contributed by atoms with Crippen molar-refractivity contribution in [2.24, 2.45) is 0 Å². The van der Waals surface area contributed by atoms with Crippen LogP contribution in [-0.4, -0.2) is 40.0 Å². The summed E-state index contributed by atoms with van der Waals surface area (Å²) in [6.07, 6.45) is 1.79. The lowest BCUT2D eigenvalue weighted by Gasteiger charge is -2.38. The monoisotopic (exact) mass is 307 g/mol. The number of ether oxygens (including phenoxy) is 1. The molecule has 116 valence electrons. The molecule has 3 aromatic rings. The van der Waals surface area contributed by atoms with Crippen molar-refractivity contribution in [3.8, 4) is 5.88 Å². The summed E-state index contributed by atoms with van der Waals surface area (Å²) in [5.41, 5.74) is 2.62. The van der Waals surface area contributed by atoms with Crippen molar-refractivity contribution in [3.05, 3.63) is 59.9 Å². The number of benzene rings is 1. The van der Waals surface area contributed by atoms with Gasteiger partial charge in [-0.25, -0.2) is 4.98 Å². The van der Waals surface area contributed by atoms with Gasteiger partial charge in [0.15, 0.2) is 0 Å². The minimum absolute atomic E-state index is 0.0125. The van der Waals surface area contributed by atoms with Gasteiger partial charge in [-0.2, -0.15) is 0 Å². The predicted octanol–water partition coefficient (Wildman–Crippen LogP) is 2.77. The molecule has 3 heterocycles. The SMILES string of the molecule is Cc1cccc(OC2CN(C(=O)c3c[nH]c4ccccc34)C2)n1. The van der Waals surface area contributed by atoms with Gasteiger partial charge in [-0.15, -0.1) is 0 Å². The minimum Gasteiger partial charge on any atom is -0.471 e. The summed E-state index contributed by atoms with van der Waals surface area (Å²) in [6.45, 7) is 3.11. The number of likely N-dealkylation sites (tertiary alicyclic amines) is 1. The predicted molar refractivity (Wildman–Crippen MR) is 87.6 cm³/mol. The van der Waals surface area contributed by atoms with E-state index in [0.717, 1.165) is 16.6 Å². The van der Waals surface area contributed by atoms with Crippen LogP contribution in [0.1, 0.15) is 16.1 Å². The van der Waals surface area contributed by atoms with Gasteiger partial charge < -0.3 is 14.6 Å². The van der Waals surface area contributed by atoms with Crippen molar-refractivity contribution < 1.29 is 9.53 Å². The molecule has 1 N–H and O–H groups in total. The van der Waals surface area contributed by atoms with Crippen LogP contribution in [-0.2, 0) is 0 Å². The minimum atomic E-state index is 0.0125. The van der Waals surface area contributed by atoms with E-state index in [1.807, 2.05) is 49.4 Å². The Morgan fingerprint density at radius 1 is 1.22 bits per heavy atom. The number of aryl methyl sites for hydroxylation is 1. The Labute approximate surface area is 133 Å². The van der Waals surface area contributed by atoms with E-state index in [-0.39, 0.29) is 12.0 Å². The van der Waals surface area contributed by atoms with Crippen molar-refractivity contribution in [1.29, 1.82) is 0 Å². The number of aromatic amines is 1. The average molecular weight is 307 g/mol. The summed E-state index contributed by atoms with van der Waals surface area (Å²) in [7, 11) is 0. The van der Waals surface area contributed by atoms with Gasteiger partial charge in [0.25, 0.3) is 5.91 Å². The fourth-order valence-corrected chi connectivity index (χ4v) is 2.85. The van der Waals surface area contributed by atoms with Gasteiger partial charge in [-0.1, -0.05) is 24.3 Å². The molecular weight excluding hydrogens is 290 g/mol. The molecule has 0 bridgehead atoms. The molecule has 23 heavy (non-hydrogen) atoms. The average Bonchev–Trinajstić information content (AvgIpc) is 2.94. The van der Waals surface area contributed by atoms with Gasteiger partial charge in [-0.3, -0.25) is 4.79 Å². The number of nitrogens with zero attached hydrogens (tertiary/aromatic N) is 2. The van der Waals surface area contributed by atoms with E-state index in [1.54, 1.807) is 11.1 Å². The molecule has 5 heteroatoms. The van der Waals surface area contributed by atoms with Crippen molar-refractivity contribution in [3.63, 3.8) is 0 Å². The van der Waals surface area contributed by atoms with E-state index < -0.39 is 0 Å². The summed E-state index contributed by atoms with van der Waals surface area (Å²) >= 11 is 0. The largest absolute Gasteiger partial charge is 0.471 e. The van der Waals surface area contributed by atoms with E-state index >= 15 is 0 Å². The maximum absolute atomic E-state index is 12.6. The molecule has 1 fully saturated rings. The smallest absolute Gasteiger partial charge is 0.256 e. The molecule has 0 aliphatic carbocycles. The lowest BCUT2D eigenvalue weighted by atomic mass is 10.1. The number of fused-ring (bicyclic) bond motifs is 1. The molecule has 0 spiro atoms. The quantitative estimate of drug-likeness (QED) is 0.809. The molecule has 0 atom stereocenters. The molecule has 1 aliphatic heterocycles. The fraction of sp³-hybridized carbons (Fsp3) is 0.222. The number of carbonyl (C=O) groups is 1. The van der Waals surface area contributed by atoms with Crippen molar-refractivity contribution in [1.82, 2.24) is 14.9 Å². The van der Waals surface area contributed by atoms with E-state index in [9.17, 15) is 4.79 Å². The van der Waals surface area contributed by atoms with Crippen molar-refractivity contribution in [2.75, 3.05) is 13.1 Å². The van der Waals surface area contributed by atoms with E-state index in [1.165, 1.54) is 0 Å². The molecule has 4 rings (SSSR count). The van der Waals surface area contributed by atoms with Gasteiger partial charge in [0, 0.05) is 28.9 Å². The number of para-hydroxylation sites is 1. The highest BCUT2D eigenvalue weighted by Crippen LogP contribution is 2.23. The fourth-order valence-electron chi connectivity index (χ4n) is 2.85. The Kier molecular flexibility index (Phi) is 3.26. The topological polar surface area (TPSA) is 58.2 Å². The number of amides is 1. The third-order valence-corrected chi connectivity index (χ3v) is 4.11. The Bertz CT molecular complexity index is 865. The first kappa shape index (κ1) is 13.8. The number of aromatic nitrogens is 2. The molecule has 1 aromatic carbocycles. The zero-order chi connectivity index (χ0) is 15.8. The highest BCUT2D eigenvalue weighted by molar-refractivity contribution is 6.06. The first-order valence-electron chi connectivity index (χ1n) is 7.66. The Hall–Kier alpha value is -2.82. The molecule has 0 saturated carbocycles. The highest BCUT2D eigenvalue weighted by Gasteiger charge is 2.33. The molecular formula is C18H17N3O2. The Morgan fingerprint density at radius 3 is 2.87 bits per heavy atom. The van der Waals surface area contributed by atoms with Crippen molar-refractivity contribution >= 4 is 16.8 Å². The first-order valence-corrected chi connectivity index (χ1v) is 7.66. The summed E-state index contributed by atoms with van der Waals surface area (Å²) in [5.74, 6) is 0.661. The number of carbonyl (C=O) groups excluding carboxylic acids is 1. The molecule has 1 amide bonds. The van der Waals surface area contributed by atoms with E-state index in [0.29, 0.717) is 24.5 Å². The maximum Gasteiger partial charge on any atom is 0.256 e. The lowest BCUT2D eigenvalue weighted by Crippen LogP contribution is -2.56. The third kappa shape index (κ3) is 2.54. The van der Waals surface area contributed by atoms with Gasteiger partial charge >= 0.3 is 0 Å². The summed E-state index contributed by atoms with van der Waals surface area (Å²) in [4.78, 5) is 21.9. The number of nitrogens with one attached hydrogen (secondary N) is 1. The molecule has 1 aliphatic rings. The van der Waals surface area contributed by atoms with Crippen LogP contribution < -0.4 is 4.74 Å². The highest BCUT2D eigenvalue weighted by atomic mass is 16.5. The maximum atomic E-state index is 12.6. The van der Waals surface area contributed by atoms with Crippen LogP contribution >= 0.6 is 0 Å². The van der Waals surface area contributed by atoms with Gasteiger partial charge in [-0.05, 0) is 19.1 Å². The van der Waals surface area contributed by atoms with Gasteiger partial charge in [0.1, 0.15) is 6.10 Å². The molecule has 1 saturated heterocycles. The molecule has 5 nitrogen and oxygen atoms in total. The number of hydrogen-bond acceptors (Lipinski definition) is 3. The second-order valence-corrected chi connectivity index (χ2v) is 5.82.